The second-order valence-electron chi connectivity index (χ2n) is 4.86. The van der Waals surface area contributed by atoms with Crippen LogP contribution in [0.1, 0.15) is 17.0 Å². The molecule has 0 fully saturated rings. The fraction of sp³-hybridized carbons (Fsp3) is 0.0556. The Morgan fingerprint density at radius 3 is 2.50 bits per heavy atom. The highest BCUT2D eigenvalue weighted by atomic mass is 16.5. The van der Waals surface area contributed by atoms with E-state index < -0.39 is 0 Å². The van der Waals surface area contributed by atoms with Crippen molar-refractivity contribution in [3.63, 3.8) is 0 Å². The van der Waals surface area contributed by atoms with E-state index in [0.29, 0.717) is 17.1 Å². The molecule has 0 radical (unpaired) electrons. The number of nitrogens with two attached hydrogens (primary N) is 1. The first-order valence-electron chi connectivity index (χ1n) is 6.95. The van der Waals surface area contributed by atoms with E-state index in [9.17, 15) is 0 Å². The number of anilines is 1. The van der Waals surface area contributed by atoms with Gasteiger partial charge in [0.1, 0.15) is 22.9 Å². The molecule has 0 saturated heterocycles. The number of rotatable bonds is 4. The second kappa shape index (κ2) is 6.18. The number of benzene rings is 2. The van der Waals surface area contributed by atoms with E-state index in [4.69, 9.17) is 15.0 Å². The van der Waals surface area contributed by atoms with E-state index in [1.807, 2.05) is 66.7 Å². The summed E-state index contributed by atoms with van der Waals surface area (Å²) in [6, 6.07) is 17.5. The van der Waals surface area contributed by atoms with Crippen molar-refractivity contribution in [1.82, 2.24) is 5.16 Å². The molecule has 110 valence electrons. The Hall–Kier alpha value is -3.01. The van der Waals surface area contributed by atoms with E-state index in [-0.39, 0.29) is 0 Å². The Bertz CT molecular complexity index is 792. The van der Waals surface area contributed by atoms with Crippen molar-refractivity contribution in [2.24, 2.45) is 0 Å². The van der Waals surface area contributed by atoms with Crippen LogP contribution in [0.25, 0.3) is 12.2 Å². The van der Waals surface area contributed by atoms with Crippen LogP contribution in [0.2, 0.25) is 0 Å². The number of hydrogen-bond acceptors (Lipinski definition) is 4. The van der Waals surface area contributed by atoms with Gasteiger partial charge in [-0.3, -0.25) is 0 Å². The number of ether oxygens (including phenoxy) is 1. The number of aryl methyl sites for hydroxylation is 1. The summed E-state index contributed by atoms with van der Waals surface area (Å²) in [6.45, 7) is 1.79. The fourth-order valence-electron chi connectivity index (χ4n) is 2.00. The Kier molecular flexibility index (Phi) is 3.92. The lowest BCUT2D eigenvalue weighted by Crippen LogP contribution is -1.87. The summed E-state index contributed by atoms with van der Waals surface area (Å²) in [4.78, 5) is 0. The number of para-hydroxylation sites is 1. The highest BCUT2D eigenvalue weighted by molar-refractivity contribution is 5.74. The molecule has 1 heterocycles. The zero-order valence-electron chi connectivity index (χ0n) is 12.2. The molecule has 1 aromatic heterocycles. The monoisotopic (exact) mass is 292 g/mol. The van der Waals surface area contributed by atoms with Gasteiger partial charge in [0.05, 0.1) is 0 Å². The van der Waals surface area contributed by atoms with Crippen LogP contribution in [0.5, 0.6) is 11.5 Å². The fourth-order valence-corrected chi connectivity index (χ4v) is 2.00. The largest absolute Gasteiger partial charge is 0.457 e. The molecule has 2 aromatic carbocycles. The van der Waals surface area contributed by atoms with Gasteiger partial charge in [-0.1, -0.05) is 41.6 Å². The predicted octanol–water partition coefficient (Wildman–Crippen LogP) is 4.53. The quantitative estimate of drug-likeness (QED) is 0.767. The Labute approximate surface area is 128 Å². The molecular formula is C18H16N2O2. The predicted molar refractivity (Wildman–Crippen MR) is 87.5 cm³/mol. The maximum atomic E-state index is 5.87. The molecule has 0 saturated carbocycles. The number of aromatic nitrogens is 1. The summed E-state index contributed by atoms with van der Waals surface area (Å²) in [5.41, 5.74) is 8.05. The maximum Gasteiger partial charge on any atom is 0.157 e. The normalized spacial score (nSPS) is 11.0. The molecule has 0 aliphatic carbocycles. The van der Waals surface area contributed by atoms with Crippen molar-refractivity contribution in [3.8, 4) is 11.5 Å². The van der Waals surface area contributed by atoms with Gasteiger partial charge < -0.3 is 15.0 Å². The van der Waals surface area contributed by atoms with Gasteiger partial charge in [-0.25, -0.2) is 0 Å². The third-order valence-electron chi connectivity index (χ3n) is 3.21. The summed E-state index contributed by atoms with van der Waals surface area (Å²) >= 11 is 0. The van der Waals surface area contributed by atoms with Crippen LogP contribution >= 0.6 is 0 Å². The Morgan fingerprint density at radius 2 is 1.77 bits per heavy atom. The molecule has 2 N–H and O–H groups in total. The SMILES string of the molecule is Cc1onc(C=Cc2cccc(Oc3ccccc3)c2)c1N. The zero-order valence-corrected chi connectivity index (χ0v) is 12.2. The van der Waals surface area contributed by atoms with Gasteiger partial charge in [0.25, 0.3) is 0 Å². The van der Waals surface area contributed by atoms with Crippen LogP contribution in [-0.4, -0.2) is 5.16 Å². The molecular weight excluding hydrogens is 276 g/mol. The van der Waals surface area contributed by atoms with Gasteiger partial charge in [0, 0.05) is 0 Å². The molecule has 0 bridgehead atoms. The average Bonchev–Trinajstić information content (AvgIpc) is 2.86. The summed E-state index contributed by atoms with van der Waals surface area (Å²) < 4.78 is 10.8. The first-order valence-corrected chi connectivity index (χ1v) is 6.95. The molecule has 0 aliphatic heterocycles. The van der Waals surface area contributed by atoms with Crippen LogP contribution in [0.3, 0.4) is 0 Å². The van der Waals surface area contributed by atoms with Crippen molar-refractivity contribution < 1.29 is 9.26 Å². The lowest BCUT2D eigenvalue weighted by Gasteiger charge is -2.05. The molecule has 0 unspecified atom stereocenters. The van der Waals surface area contributed by atoms with E-state index >= 15 is 0 Å². The minimum atomic E-state index is 0.563. The maximum absolute atomic E-state index is 5.87. The second-order valence-corrected chi connectivity index (χ2v) is 4.86. The number of nitrogen functional groups attached to an aromatic ring is 1. The lowest BCUT2D eigenvalue weighted by atomic mass is 10.2. The first kappa shape index (κ1) is 13.9. The van der Waals surface area contributed by atoms with E-state index in [1.54, 1.807) is 6.92 Å². The number of nitrogens with zero attached hydrogens (tertiary/aromatic N) is 1. The number of hydrogen-bond donors (Lipinski definition) is 1. The minimum absolute atomic E-state index is 0.563. The van der Waals surface area contributed by atoms with Crippen LogP contribution in [-0.2, 0) is 0 Å². The van der Waals surface area contributed by atoms with Gasteiger partial charge in [-0.15, -0.1) is 0 Å². The lowest BCUT2D eigenvalue weighted by molar-refractivity contribution is 0.397. The Balaban J connectivity index is 1.78. The van der Waals surface area contributed by atoms with Crippen LogP contribution in [0.15, 0.2) is 59.1 Å². The smallest absolute Gasteiger partial charge is 0.157 e. The van der Waals surface area contributed by atoms with Gasteiger partial charge in [0.2, 0.25) is 0 Å². The third kappa shape index (κ3) is 3.17. The molecule has 0 amide bonds. The van der Waals surface area contributed by atoms with Crippen molar-refractivity contribution in [2.75, 3.05) is 5.73 Å². The van der Waals surface area contributed by atoms with E-state index in [0.717, 1.165) is 17.1 Å². The molecule has 0 spiro atoms. The topological polar surface area (TPSA) is 61.3 Å². The molecule has 3 aromatic rings. The van der Waals surface area contributed by atoms with Crippen molar-refractivity contribution in [1.29, 1.82) is 0 Å². The van der Waals surface area contributed by atoms with Crippen molar-refractivity contribution in [3.05, 3.63) is 71.6 Å². The summed E-state index contributed by atoms with van der Waals surface area (Å²) in [6.07, 6.45) is 3.75. The van der Waals surface area contributed by atoms with Gasteiger partial charge in [0.15, 0.2) is 5.76 Å². The third-order valence-corrected chi connectivity index (χ3v) is 3.21. The van der Waals surface area contributed by atoms with Gasteiger partial charge >= 0.3 is 0 Å². The molecule has 22 heavy (non-hydrogen) atoms. The van der Waals surface area contributed by atoms with E-state index in [2.05, 4.69) is 5.16 Å². The van der Waals surface area contributed by atoms with Crippen molar-refractivity contribution in [2.45, 2.75) is 6.92 Å². The summed E-state index contributed by atoms with van der Waals surface area (Å²) in [5, 5.41) is 3.90. The Morgan fingerprint density at radius 1 is 1.00 bits per heavy atom. The van der Waals surface area contributed by atoms with E-state index in [1.165, 1.54) is 0 Å². The molecule has 3 rings (SSSR count). The van der Waals surface area contributed by atoms with Crippen molar-refractivity contribution >= 4 is 17.8 Å². The van der Waals surface area contributed by atoms with Gasteiger partial charge in [-0.2, -0.15) is 0 Å². The molecule has 4 heteroatoms. The molecule has 0 atom stereocenters. The summed E-state index contributed by atoms with van der Waals surface area (Å²) in [5.74, 6) is 2.21. The minimum Gasteiger partial charge on any atom is -0.457 e. The van der Waals surface area contributed by atoms with Crippen LogP contribution in [0.4, 0.5) is 5.69 Å². The molecule has 0 aliphatic rings. The molecule has 4 nitrogen and oxygen atoms in total. The summed E-state index contributed by atoms with van der Waals surface area (Å²) in [7, 11) is 0. The highest BCUT2D eigenvalue weighted by Crippen LogP contribution is 2.23. The average molecular weight is 292 g/mol. The first-order chi connectivity index (χ1) is 10.7. The van der Waals surface area contributed by atoms with Crippen LogP contribution in [0, 0.1) is 6.92 Å². The highest BCUT2D eigenvalue weighted by Gasteiger charge is 2.05. The standard InChI is InChI=1S/C18H16N2O2/c1-13-18(19)17(20-22-13)11-10-14-6-5-9-16(12-14)21-15-7-3-2-4-8-15/h2-12H,19H2,1H3. The van der Waals surface area contributed by atoms with Crippen LogP contribution < -0.4 is 10.5 Å². The zero-order chi connectivity index (χ0) is 15.4. The van der Waals surface area contributed by atoms with Gasteiger partial charge in [-0.05, 0) is 42.8 Å².